The van der Waals surface area contributed by atoms with Gasteiger partial charge in [-0.15, -0.1) is 11.3 Å². The van der Waals surface area contributed by atoms with Crippen LogP contribution in [-0.2, 0) is 6.42 Å². The van der Waals surface area contributed by atoms with Crippen LogP contribution in [0.3, 0.4) is 0 Å². The molecule has 0 aliphatic carbocycles. The summed E-state index contributed by atoms with van der Waals surface area (Å²) in [6, 6.07) is 8.51. The van der Waals surface area contributed by atoms with E-state index in [1.54, 1.807) is 17.7 Å². The van der Waals surface area contributed by atoms with E-state index in [4.69, 9.17) is 0 Å². The number of anilines is 1. The molecule has 0 aliphatic rings. The van der Waals surface area contributed by atoms with E-state index in [-0.39, 0.29) is 0 Å². The van der Waals surface area contributed by atoms with E-state index in [0.717, 1.165) is 28.0 Å². The lowest BCUT2D eigenvalue weighted by molar-refractivity contribution is 0.890. The topological polar surface area (TPSA) is 66.0 Å². The molecule has 5 nitrogen and oxygen atoms in total. The average molecular weight is 363 g/mol. The molecule has 0 spiro atoms. The molecular weight excluding hydrogens is 342 g/mol. The fraction of sp³-hybridized carbons (Fsp3) is 0.250. The molecule has 1 aromatic carbocycles. The van der Waals surface area contributed by atoms with Gasteiger partial charge in [0.15, 0.2) is 5.82 Å². The lowest BCUT2D eigenvalue weighted by Crippen LogP contribution is -1.94. The van der Waals surface area contributed by atoms with Gasteiger partial charge >= 0.3 is 0 Å². The molecule has 0 saturated heterocycles. The van der Waals surface area contributed by atoms with Gasteiger partial charge in [0.2, 0.25) is 0 Å². The number of hydrazone groups is 1. The molecule has 0 fully saturated rings. The van der Waals surface area contributed by atoms with Crippen LogP contribution in [0.5, 0.6) is 0 Å². The molecule has 3 aromatic heterocycles. The highest BCUT2D eigenvalue weighted by Crippen LogP contribution is 2.32. The number of benzene rings is 1. The van der Waals surface area contributed by atoms with Gasteiger partial charge in [-0.2, -0.15) is 5.10 Å². The Hall–Kier alpha value is -2.73. The Morgan fingerprint density at radius 3 is 2.96 bits per heavy atom. The van der Waals surface area contributed by atoms with Gasteiger partial charge in [-0.1, -0.05) is 39.0 Å². The molecular formula is C20H21N5S. The first-order valence-corrected chi connectivity index (χ1v) is 9.61. The maximum Gasteiger partial charge on any atom is 0.158 e. The molecule has 4 rings (SSSR count). The van der Waals surface area contributed by atoms with Crippen LogP contribution in [0.4, 0.5) is 5.82 Å². The average Bonchev–Trinajstić information content (AvgIpc) is 3.26. The maximum absolute atomic E-state index is 4.41. The van der Waals surface area contributed by atoms with Gasteiger partial charge in [0, 0.05) is 27.5 Å². The van der Waals surface area contributed by atoms with Crippen LogP contribution in [-0.4, -0.2) is 21.2 Å². The number of para-hydroxylation sites is 1. The van der Waals surface area contributed by atoms with Crippen molar-refractivity contribution in [3.8, 4) is 0 Å². The molecule has 6 heteroatoms. The molecule has 0 saturated carbocycles. The zero-order valence-electron chi connectivity index (χ0n) is 15.1. The number of aromatic nitrogens is 3. The van der Waals surface area contributed by atoms with Crippen LogP contribution in [0, 0.1) is 0 Å². The van der Waals surface area contributed by atoms with E-state index in [2.05, 4.69) is 70.5 Å². The normalized spacial score (nSPS) is 12.0. The van der Waals surface area contributed by atoms with E-state index in [9.17, 15) is 0 Å². The van der Waals surface area contributed by atoms with Crippen LogP contribution in [0.2, 0.25) is 0 Å². The third-order valence-corrected chi connectivity index (χ3v) is 5.85. The number of fused-ring (bicyclic) bond motifs is 2. The van der Waals surface area contributed by atoms with Crippen molar-refractivity contribution in [3.63, 3.8) is 0 Å². The molecule has 4 aromatic rings. The van der Waals surface area contributed by atoms with Crippen molar-refractivity contribution in [2.75, 3.05) is 5.43 Å². The van der Waals surface area contributed by atoms with Gasteiger partial charge in [0.1, 0.15) is 11.2 Å². The minimum absolute atomic E-state index is 0.476. The number of nitrogens with one attached hydrogen (secondary N) is 2. The summed E-state index contributed by atoms with van der Waals surface area (Å²) < 4.78 is 0. The van der Waals surface area contributed by atoms with Crippen molar-refractivity contribution in [1.29, 1.82) is 0 Å². The second kappa shape index (κ2) is 6.88. The Kier molecular flexibility index (Phi) is 4.42. The van der Waals surface area contributed by atoms with Crippen molar-refractivity contribution in [2.45, 2.75) is 33.1 Å². The summed E-state index contributed by atoms with van der Waals surface area (Å²) in [4.78, 5) is 14.4. The van der Waals surface area contributed by atoms with Gasteiger partial charge in [-0.3, -0.25) is 5.43 Å². The van der Waals surface area contributed by atoms with Crippen LogP contribution < -0.4 is 5.43 Å². The number of nitrogens with zero attached hydrogens (tertiary/aromatic N) is 3. The Bertz CT molecular complexity index is 1090. The molecule has 3 heterocycles. The predicted octanol–water partition coefficient (Wildman–Crippen LogP) is 5.30. The van der Waals surface area contributed by atoms with Crippen LogP contribution >= 0.6 is 11.3 Å². The van der Waals surface area contributed by atoms with Crippen molar-refractivity contribution < 1.29 is 0 Å². The minimum atomic E-state index is 0.476. The number of aromatic amines is 1. The molecule has 0 unspecified atom stereocenters. The number of thiophene rings is 1. The number of rotatable bonds is 5. The van der Waals surface area contributed by atoms with Crippen molar-refractivity contribution in [2.24, 2.45) is 5.10 Å². The van der Waals surface area contributed by atoms with Crippen molar-refractivity contribution in [3.05, 3.63) is 52.8 Å². The molecule has 0 bridgehead atoms. The lowest BCUT2D eigenvalue weighted by atomic mass is 10.1. The van der Waals surface area contributed by atoms with E-state index < -0.39 is 0 Å². The van der Waals surface area contributed by atoms with Crippen molar-refractivity contribution in [1.82, 2.24) is 15.0 Å². The van der Waals surface area contributed by atoms with E-state index in [0.29, 0.717) is 5.92 Å². The van der Waals surface area contributed by atoms with Gasteiger partial charge in [0.05, 0.1) is 11.6 Å². The van der Waals surface area contributed by atoms with Crippen LogP contribution in [0.15, 0.2) is 41.9 Å². The zero-order valence-corrected chi connectivity index (χ0v) is 15.9. The highest BCUT2D eigenvalue weighted by molar-refractivity contribution is 7.18. The standard InChI is InChI=1S/C20H21N5S/c1-4-13-6-5-7-15-14(9-21-18(13)15)10-24-25-19-16-8-17(12(2)3)26-20(16)23-11-22-19/h5-12,21H,4H2,1-3H3,(H,22,23,25)/b24-10-. The second-order valence-electron chi connectivity index (χ2n) is 6.55. The van der Waals surface area contributed by atoms with Gasteiger partial charge in [0.25, 0.3) is 0 Å². The second-order valence-corrected chi connectivity index (χ2v) is 7.61. The Morgan fingerprint density at radius 1 is 1.27 bits per heavy atom. The highest BCUT2D eigenvalue weighted by atomic mass is 32.1. The first kappa shape index (κ1) is 16.7. The third-order valence-electron chi connectivity index (χ3n) is 4.51. The molecule has 26 heavy (non-hydrogen) atoms. The summed E-state index contributed by atoms with van der Waals surface area (Å²) in [6.07, 6.45) is 6.41. The fourth-order valence-corrected chi connectivity index (χ4v) is 4.05. The first-order valence-electron chi connectivity index (χ1n) is 8.80. The number of aryl methyl sites for hydroxylation is 1. The Morgan fingerprint density at radius 2 is 2.15 bits per heavy atom. The largest absolute Gasteiger partial charge is 0.360 e. The lowest BCUT2D eigenvalue weighted by Gasteiger charge is -2.00. The summed E-state index contributed by atoms with van der Waals surface area (Å²) in [6.45, 7) is 6.54. The maximum atomic E-state index is 4.41. The van der Waals surface area contributed by atoms with Gasteiger partial charge in [-0.05, 0) is 24.0 Å². The van der Waals surface area contributed by atoms with E-state index in [1.165, 1.54) is 21.3 Å². The highest BCUT2D eigenvalue weighted by Gasteiger charge is 2.10. The molecule has 0 amide bonds. The summed E-state index contributed by atoms with van der Waals surface area (Å²) in [5, 5.41) is 6.61. The van der Waals surface area contributed by atoms with Crippen LogP contribution in [0.1, 0.15) is 42.7 Å². The molecule has 0 atom stereocenters. The van der Waals surface area contributed by atoms with Crippen molar-refractivity contribution >= 4 is 44.5 Å². The van der Waals surface area contributed by atoms with Gasteiger partial charge < -0.3 is 4.98 Å². The zero-order chi connectivity index (χ0) is 18.1. The summed E-state index contributed by atoms with van der Waals surface area (Å²) in [5.74, 6) is 1.22. The molecule has 0 radical (unpaired) electrons. The van der Waals surface area contributed by atoms with E-state index in [1.807, 2.05) is 12.4 Å². The molecule has 0 aliphatic heterocycles. The number of hydrogen-bond donors (Lipinski definition) is 2. The van der Waals surface area contributed by atoms with E-state index >= 15 is 0 Å². The Balaban J connectivity index is 1.62. The minimum Gasteiger partial charge on any atom is -0.360 e. The fourth-order valence-electron chi connectivity index (χ4n) is 3.05. The smallest absolute Gasteiger partial charge is 0.158 e. The summed E-state index contributed by atoms with van der Waals surface area (Å²) >= 11 is 1.71. The van der Waals surface area contributed by atoms with Gasteiger partial charge in [-0.25, -0.2) is 9.97 Å². The SMILES string of the molecule is CCc1cccc2c(/C=N\Nc3ncnc4sc(C(C)C)cc34)c[nH]c12. The third kappa shape index (κ3) is 2.97. The predicted molar refractivity (Wildman–Crippen MR) is 110 cm³/mol. The molecule has 132 valence electrons. The monoisotopic (exact) mass is 363 g/mol. The quantitative estimate of drug-likeness (QED) is 0.373. The Labute approximate surface area is 156 Å². The van der Waals surface area contributed by atoms with Crippen LogP contribution in [0.25, 0.3) is 21.1 Å². The number of hydrogen-bond acceptors (Lipinski definition) is 5. The summed E-state index contributed by atoms with van der Waals surface area (Å²) in [7, 11) is 0. The molecule has 2 N–H and O–H groups in total. The first-order chi connectivity index (χ1) is 12.7. The summed E-state index contributed by atoms with van der Waals surface area (Å²) in [5.41, 5.74) is 6.63. The number of H-pyrrole nitrogens is 1.